The molecule has 6 nitrogen and oxygen atoms in total. The Morgan fingerprint density at radius 2 is 1.67 bits per heavy atom. The van der Waals surface area contributed by atoms with Crippen LogP contribution in [0.4, 0.5) is 16.2 Å². The number of hydrogen-bond donors (Lipinski definition) is 1. The Morgan fingerprint density at radius 3 is 2.33 bits per heavy atom. The van der Waals surface area contributed by atoms with Gasteiger partial charge >= 0.3 is 6.03 Å². The fourth-order valence-corrected chi connectivity index (χ4v) is 4.70. The van der Waals surface area contributed by atoms with Crippen LogP contribution in [0, 0.1) is 0 Å². The number of allylic oxidation sites excluding steroid dienone is 1. The van der Waals surface area contributed by atoms with Gasteiger partial charge in [0.05, 0.1) is 16.2 Å². The number of benzene rings is 2. The molecule has 1 saturated heterocycles. The van der Waals surface area contributed by atoms with Crippen molar-refractivity contribution in [1.29, 1.82) is 0 Å². The van der Waals surface area contributed by atoms with Crippen molar-refractivity contribution in [3.05, 3.63) is 68.2 Å². The molecule has 2 aromatic carbocycles. The van der Waals surface area contributed by atoms with Gasteiger partial charge in [0, 0.05) is 28.3 Å². The number of anilines is 2. The van der Waals surface area contributed by atoms with Gasteiger partial charge in [-0.2, -0.15) is 0 Å². The largest absolute Gasteiger partial charge is 0.365 e. The topological polar surface area (TPSA) is 69.7 Å². The maximum Gasteiger partial charge on any atom is 0.335 e. The molecule has 1 N–H and O–H groups in total. The maximum absolute atomic E-state index is 13.2. The van der Waals surface area contributed by atoms with E-state index >= 15 is 0 Å². The van der Waals surface area contributed by atoms with E-state index < -0.39 is 17.8 Å². The molecule has 9 heteroatoms. The van der Waals surface area contributed by atoms with Crippen LogP contribution >= 0.6 is 34.8 Å². The lowest BCUT2D eigenvalue weighted by Crippen LogP contribution is -2.54. The van der Waals surface area contributed by atoms with Crippen LogP contribution in [-0.2, 0) is 9.59 Å². The molecule has 0 unspecified atom stereocenters. The van der Waals surface area contributed by atoms with Crippen LogP contribution in [-0.4, -0.2) is 30.4 Å². The van der Waals surface area contributed by atoms with E-state index in [0.717, 1.165) is 21.7 Å². The second-order valence-electron chi connectivity index (χ2n) is 8.48. The lowest BCUT2D eigenvalue weighted by Gasteiger charge is -2.40. The van der Waals surface area contributed by atoms with E-state index in [1.807, 2.05) is 26.1 Å². The minimum absolute atomic E-state index is 0.0953. The Kier molecular flexibility index (Phi) is 5.81. The molecule has 2 heterocycles. The summed E-state index contributed by atoms with van der Waals surface area (Å²) in [7, 11) is 1.98. The molecule has 170 valence electrons. The smallest absolute Gasteiger partial charge is 0.335 e. The summed E-state index contributed by atoms with van der Waals surface area (Å²) in [4.78, 5) is 41.2. The first kappa shape index (κ1) is 23.4. The monoisotopic (exact) mass is 503 g/mol. The number of urea groups is 1. The lowest BCUT2D eigenvalue weighted by atomic mass is 9.88. The molecule has 0 aromatic heterocycles. The molecule has 0 spiro atoms. The van der Waals surface area contributed by atoms with Crippen LogP contribution in [0.1, 0.15) is 31.9 Å². The summed E-state index contributed by atoms with van der Waals surface area (Å²) in [6, 6.07) is 7.09. The first-order chi connectivity index (χ1) is 15.4. The molecule has 0 saturated carbocycles. The zero-order chi connectivity index (χ0) is 24.2. The minimum atomic E-state index is -0.898. The standard InChI is InChI=1S/C24H20Cl3N3O3/c1-12-11-24(2,3)29(4)20-10-17(26)13(7-15(12)20)8-16-21(31)28-23(33)30(22(16)32)19-6-5-14(25)9-18(19)27/h5-11H,1-4H3,(H,28,31,33)/b16-8+. The van der Waals surface area contributed by atoms with Gasteiger partial charge in [-0.3, -0.25) is 14.9 Å². The summed E-state index contributed by atoms with van der Waals surface area (Å²) < 4.78 is 0. The van der Waals surface area contributed by atoms with Crippen molar-refractivity contribution in [2.45, 2.75) is 26.3 Å². The zero-order valence-electron chi connectivity index (χ0n) is 18.3. The number of likely N-dealkylation sites (N-methyl/N-ethyl adjacent to an activating group) is 1. The molecule has 1 fully saturated rings. The van der Waals surface area contributed by atoms with Gasteiger partial charge in [-0.05, 0) is 68.3 Å². The van der Waals surface area contributed by atoms with E-state index in [0.29, 0.717) is 15.6 Å². The molecule has 2 aromatic rings. The Labute approximate surface area is 206 Å². The highest BCUT2D eigenvalue weighted by molar-refractivity contribution is 6.43. The Bertz CT molecular complexity index is 1300. The van der Waals surface area contributed by atoms with Crippen molar-refractivity contribution in [2.24, 2.45) is 0 Å². The number of amides is 4. The maximum atomic E-state index is 13.2. The summed E-state index contributed by atoms with van der Waals surface area (Å²) in [5, 5.41) is 2.99. The van der Waals surface area contributed by atoms with Crippen LogP contribution < -0.4 is 15.1 Å². The van der Waals surface area contributed by atoms with Crippen molar-refractivity contribution >= 4 is 75.7 Å². The van der Waals surface area contributed by atoms with Gasteiger partial charge in [-0.15, -0.1) is 0 Å². The summed E-state index contributed by atoms with van der Waals surface area (Å²) in [6.45, 7) is 6.20. The number of imide groups is 2. The molecular formula is C24H20Cl3N3O3. The third-order valence-corrected chi connectivity index (χ3v) is 6.75. The molecule has 2 aliphatic rings. The number of hydrogen-bond acceptors (Lipinski definition) is 4. The number of nitrogens with zero attached hydrogens (tertiary/aromatic N) is 2. The average molecular weight is 505 g/mol. The number of rotatable bonds is 2. The van der Waals surface area contributed by atoms with Crippen LogP contribution in [0.25, 0.3) is 11.6 Å². The van der Waals surface area contributed by atoms with Crippen LogP contribution in [0.3, 0.4) is 0 Å². The van der Waals surface area contributed by atoms with Crippen molar-refractivity contribution in [2.75, 3.05) is 16.8 Å². The quantitative estimate of drug-likeness (QED) is 0.406. The highest BCUT2D eigenvalue weighted by Crippen LogP contribution is 2.41. The van der Waals surface area contributed by atoms with Crippen LogP contribution in [0.2, 0.25) is 15.1 Å². The highest BCUT2D eigenvalue weighted by atomic mass is 35.5. The van der Waals surface area contributed by atoms with E-state index in [2.05, 4.69) is 30.1 Å². The predicted molar refractivity (Wildman–Crippen MR) is 133 cm³/mol. The molecule has 4 rings (SSSR count). The van der Waals surface area contributed by atoms with Gasteiger partial charge in [-0.25, -0.2) is 9.69 Å². The van der Waals surface area contributed by atoms with Gasteiger partial charge in [0.25, 0.3) is 11.8 Å². The fourth-order valence-electron chi connectivity index (χ4n) is 3.99. The molecule has 0 bridgehead atoms. The Morgan fingerprint density at radius 1 is 0.970 bits per heavy atom. The van der Waals surface area contributed by atoms with Crippen molar-refractivity contribution in [1.82, 2.24) is 5.32 Å². The van der Waals surface area contributed by atoms with Crippen molar-refractivity contribution in [3.63, 3.8) is 0 Å². The van der Waals surface area contributed by atoms with E-state index in [4.69, 9.17) is 34.8 Å². The highest BCUT2D eigenvalue weighted by Gasteiger charge is 2.38. The van der Waals surface area contributed by atoms with E-state index in [1.54, 1.807) is 0 Å². The third-order valence-electron chi connectivity index (χ3n) is 5.89. The first-order valence-corrected chi connectivity index (χ1v) is 11.2. The van der Waals surface area contributed by atoms with Crippen molar-refractivity contribution in [3.8, 4) is 0 Å². The third kappa shape index (κ3) is 4.03. The second-order valence-corrected chi connectivity index (χ2v) is 9.74. The summed E-state index contributed by atoms with van der Waals surface area (Å²) in [5.41, 5.74) is 3.08. The summed E-state index contributed by atoms with van der Waals surface area (Å²) in [5.74, 6) is -1.63. The number of carbonyl (C=O) groups is 3. The molecule has 0 aliphatic carbocycles. The number of nitrogens with one attached hydrogen (secondary N) is 1. The first-order valence-electron chi connectivity index (χ1n) is 10.0. The van der Waals surface area contributed by atoms with Gasteiger partial charge < -0.3 is 4.90 Å². The SMILES string of the molecule is CC1=CC(C)(C)N(C)c2cc(Cl)c(/C=C3\C(=O)NC(=O)N(c4ccc(Cl)cc4Cl)C3=O)cc21. The molecule has 4 amide bonds. The second kappa shape index (κ2) is 8.20. The summed E-state index contributed by atoms with van der Waals surface area (Å²) in [6.07, 6.45) is 3.53. The van der Waals surface area contributed by atoms with Crippen LogP contribution in [0.15, 0.2) is 42.0 Å². The number of fused-ring (bicyclic) bond motifs is 1. The van der Waals surface area contributed by atoms with Gasteiger partial charge in [0.15, 0.2) is 0 Å². The molecule has 2 aliphatic heterocycles. The number of halogens is 3. The molecule has 0 radical (unpaired) electrons. The average Bonchev–Trinajstić information content (AvgIpc) is 2.71. The minimum Gasteiger partial charge on any atom is -0.365 e. The van der Waals surface area contributed by atoms with E-state index in [1.165, 1.54) is 24.3 Å². The molecular weight excluding hydrogens is 485 g/mol. The normalized spacial score (nSPS) is 18.9. The zero-order valence-corrected chi connectivity index (χ0v) is 20.6. The van der Waals surface area contributed by atoms with Gasteiger partial charge in [0.1, 0.15) is 5.57 Å². The predicted octanol–water partition coefficient (Wildman–Crippen LogP) is 5.94. The summed E-state index contributed by atoms with van der Waals surface area (Å²) >= 11 is 18.7. The van der Waals surface area contributed by atoms with Gasteiger partial charge in [-0.1, -0.05) is 40.9 Å². The van der Waals surface area contributed by atoms with Crippen LogP contribution in [0.5, 0.6) is 0 Å². The Hall–Kier alpha value is -2.80. The lowest BCUT2D eigenvalue weighted by molar-refractivity contribution is -0.122. The Balaban J connectivity index is 1.80. The van der Waals surface area contributed by atoms with E-state index in [9.17, 15) is 14.4 Å². The number of carbonyl (C=O) groups excluding carboxylic acids is 3. The fraction of sp³-hybridized carbons (Fsp3) is 0.208. The van der Waals surface area contributed by atoms with E-state index in [-0.39, 0.29) is 21.8 Å². The number of barbiturate groups is 1. The van der Waals surface area contributed by atoms with Gasteiger partial charge in [0.2, 0.25) is 0 Å². The molecule has 33 heavy (non-hydrogen) atoms. The molecule has 0 atom stereocenters. The van der Waals surface area contributed by atoms with Crippen molar-refractivity contribution < 1.29 is 14.4 Å².